The molecule has 0 amide bonds. The predicted octanol–water partition coefficient (Wildman–Crippen LogP) is 1.96. The molecule has 1 atom stereocenters. The summed E-state index contributed by atoms with van der Waals surface area (Å²) in [6.45, 7) is 7.99. The van der Waals surface area contributed by atoms with Gasteiger partial charge in [0.15, 0.2) is 0 Å². The van der Waals surface area contributed by atoms with Crippen molar-refractivity contribution in [3.8, 4) is 0 Å². The quantitative estimate of drug-likeness (QED) is 0.744. The largest absolute Gasteiger partial charge is 0.396 e. The molecule has 0 aromatic carbocycles. The fourth-order valence-corrected chi connectivity index (χ4v) is 1.87. The topological polar surface area (TPSA) is 37.3 Å². The minimum Gasteiger partial charge on any atom is -0.396 e. The van der Waals surface area contributed by atoms with E-state index in [9.17, 15) is 4.79 Å². The molecule has 0 spiro atoms. The summed E-state index contributed by atoms with van der Waals surface area (Å²) in [5.74, 6) is 1.99. The second-order valence-corrected chi connectivity index (χ2v) is 5.51. The molecule has 0 aromatic heterocycles. The number of rotatable bonds is 5. The van der Waals surface area contributed by atoms with Gasteiger partial charge in [0, 0.05) is 12.0 Å². The van der Waals surface area contributed by atoms with Gasteiger partial charge in [0.25, 0.3) is 0 Å². The maximum Gasteiger partial charge on any atom is 0.148 e. The van der Waals surface area contributed by atoms with Gasteiger partial charge in [-0.1, -0.05) is 27.7 Å². The van der Waals surface area contributed by atoms with Crippen LogP contribution in [0, 0.1) is 11.3 Å². The highest BCUT2D eigenvalue weighted by Gasteiger charge is 2.20. The average Bonchev–Trinajstić information content (AvgIpc) is 2.02. The summed E-state index contributed by atoms with van der Waals surface area (Å²) < 4.78 is 0. The Hall–Kier alpha value is -0.0200. The van der Waals surface area contributed by atoms with Gasteiger partial charge in [0.1, 0.15) is 5.78 Å². The van der Waals surface area contributed by atoms with Gasteiger partial charge >= 0.3 is 0 Å². The first-order valence-electron chi connectivity index (χ1n) is 4.60. The van der Waals surface area contributed by atoms with Gasteiger partial charge in [0.2, 0.25) is 0 Å². The van der Waals surface area contributed by atoms with Crippen LogP contribution in [0.2, 0.25) is 0 Å². The van der Waals surface area contributed by atoms with Crippen molar-refractivity contribution in [2.75, 3.05) is 18.1 Å². The van der Waals surface area contributed by atoms with Crippen LogP contribution in [0.1, 0.15) is 27.7 Å². The molecule has 2 nitrogen and oxygen atoms in total. The van der Waals surface area contributed by atoms with Crippen molar-refractivity contribution >= 4 is 17.5 Å². The first kappa shape index (κ1) is 13.0. The second-order valence-electron chi connectivity index (χ2n) is 4.48. The third-order valence-electron chi connectivity index (χ3n) is 1.78. The van der Waals surface area contributed by atoms with E-state index in [1.165, 1.54) is 0 Å². The van der Waals surface area contributed by atoms with E-state index in [4.69, 9.17) is 5.11 Å². The van der Waals surface area contributed by atoms with E-state index >= 15 is 0 Å². The molecule has 0 saturated heterocycles. The second kappa shape index (κ2) is 5.66. The molecule has 0 heterocycles. The van der Waals surface area contributed by atoms with Gasteiger partial charge in [-0.15, -0.1) is 0 Å². The summed E-state index contributed by atoms with van der Waals surface area (Å²) in [5.41, 5.74) is -0.227. The van der Waals surface area contributed by atoms with Crippen LogP contribution >= 0.6 is 11.8 Å². The lowest BCUT2D eigenvalue weighted by molar-refractivity contribution is -0.123. The number of hydrogen-bond donors (Lipinski definition) is 1. The van der Waals surface area contributed by atoms with E-state index in [2.05, 4.69) is 0 Å². The van der Waals surface area contributed by atoms with Gasteiger partial charge in [-0.05, 0) is 11.7 Å². The molecule has 1 N–H and O–H groups in total. The van der Waals surface area contributed by atoms with Crippen molar-refractivity contribution in [3.63, 3.8) is 0 Å². The molecule has 0 rings (SSSR count). The molecule has 0 aliphatic heterocycles. The summed E-state index contributed by atoms with van der Waals surface area (Å²) in [7, 11) is 0. The number of carbonyl (C=O) groups excluding carboxylic acids is 1. The normalized spacial score (nSPS) is 14.2. The number of ketones is 1. The highest BCUT2D eigenvalue weighted by Crippen LogP contribution is 2.18. The van der Waals surface area contributed by atoms with Crippen LogP contribution in [0.25, 0.3) is 0 Å². The summed E-state index contributed by atoms with van der Waals surface area (Å²) in [5, 5.41) is 8.76. The molecule has 78 valence electrons. The first-order valence-corrected chi connectivity index (χ1v) is 5.75. The third kappa shape index (κ3) is 6.11. The molecule has 0 aromatic rings. The van der Waals surface area contributed by atoms with Crippen LogP contribution in [0.3, 0.4) is 0 Å². The van der Waals surface area contributed by atoms with E-state index < -0.39 is 0 Å². The van der Waals surface area contributed by atoms with Crippen molar-refractivity contribution in [2.24, 2.45) is 11.3 Å². The van der Waals surface area contributed by atoms with Gasteiger partial charge < -0.3 is 5.11 Å². The number of aliphatic hydroxyl groups is 1. The Balaban J connectivity index is 3.60. The van der Waals surface area contributed by atoms with Crippen LogP contribution in [0.15, 0.2) is 0 Å². The first-order chi connectivity index (χ1) is 5.88. The zero-order valence-electron chi connectivity index (χ0n) is 8.96. The van der Waals surface area contributed by atoms with Gasteiger partial charge in [-0.2, -0.15) is 11.8 Å². The minimum atomic E-state index is -0.227. The van der Waals surface area contributed by atoms with Crippen molar-refractivity contribution < 1.29 is 9.90 Å². The molecule has 0 fully saturated rings. The molecule has 0 radical (unpaired) electrons. The Morgan fingerprint density at radius 3 is 2.38 bits per heavy atom. The van der Waals surface area contributed by atoms with Gasteiger partial charge in [-0.25, -0.2) is 0 Å². The predicted molar refractivity (Wildman–Crippen MR) is 58.0 cm³/mol. The molecule has 13 heavy (non-hydrogen) atoms. The molecular formula is C10H20O2S. The number of aliphatic hydroxyl groups excluding tert-OH is 1. The lowest BCUT2D eigenvalue weighted by Crippen LogP contribution is -2.22. The van der Waals surface area contributed by atoms with Crippen molar-refractivity contribution in [3.05, 3.63) is 0 Å². The fraction of sp³-hybridized carbons (Fsp3) is 0.900. The standard InChI is InChI=1S/C10H20O2S/c1-8(5-11)6-13-7-9(12)10(2,3)4/h8,11H,5-7H2,1-4H3. The zero-order chi connectivity index (χ0) is 10.5. The maximum absolute atomic E-state index is 11.5. The number of thioether (sulfide) groups is 1. The smallest absolute Gasteiger partial charge is 0.148 e. The van der Waals surface area contributed by atoms with Crippen LogP contribution < -0.4 is 0 Å². The highest BCUT2D eigenvalue weighted by atomic mass is 32.2. The molecule has 0 aliphatic carbocycles. The fourth-order valence-electron chi connectivity index (χ4n) is 0.622. The monoisotopic (exact) mass is 204 g/mol. The number of Topliss-reactive ketones (excluding diaryl/α,β-unsaturated/α-hetero) is 1. The van der Waals surface area contributed by atoms with Crippen LogP contribution in [-0.2, 0) is 4.79 Å². The Labute approximate surface area is 85.1 Å². The summed E-state index contributed by atoms with van der Waals surface area (Å²) in [6, 6.07) is 0. The van der Waals surface area contributed by atoms with E-state index in [1.54, 1.807) is 11.8 Å². The van der Waals surface area contributed by atoms with Crippen LogP contribution in [-0.4, -0.2) is 29.0 Å². The summed E-state index contributed by atoms with van der Waals surface area (Å²) >= 11 is 1.61. The Kier molecular flexibility index (Phi) is 5.65. The molecule has 0 saturated carbocycles. The maximum atomic E-state index is 11.5. The van der Waals surface area contributed by atoms with E-state index in [1.807, 2.05) is 27.7 Å². The van der Waals surface area contributed by atoms with Crippen molar-refractivity contribution in [1.82, 2.24) is 0 Å². The van der Waals surface area contributed by atoms with Gasteiger partial charge in [0.05, 0.1) is 5.75 Å². The summed E-state index contributed by atoms with van der Waals surface area (Å²) in [4.78, 5) is 11.5. The molecule has 0 aliphatic rings. The average molecular weight is 204 g/mol. The van der Waals surface area contributed by atoms with Crippen LogP contribution in [0.5, 0.6) is 0 Å². The Morgan fingerprint density at radius 2 is 2.00 bits per heavy atom. The molecule has 1 unspecified atom stereocenters. The third-order valence-corrected chi connectivity index (χ3v) is 3.05. The van der Waals surface area contributed by atoms with E-state index in [0.29, 0.717) is 5.75 Å². The van der Waals surface area contributed by atoms with Crippen molar-refractivity contribution in [1.29, 1.82) is 0 Å². The van der Waals surface area contributed by atoms with E-state index in [-0.39, 0.29) is 23.7 Å². The Bertz CT molecular complexity index is 161. The lowest BCUT2D eigenvalue weighted by atomic mass is 9.92. The highest BCUT2D eigenvalue weighted by molar-refractivity contribution is 7.99. The molecule has 3 heteroatoms. The van der Waals surface area contributed by atoms with Crippen molar-refractivity contribution in [2.45, 2.75) is 27.7 Å². The molecular weight excluding hydrogens is 184 g/mol. The van der Waals surface area contributed by atoms with E-state index in [0.717, 1.165) is 5.75 Å². The lowest BCUT2D eigenvalue weighted by Gasteiger charge is -2.16. The Morgan fingerprint density at radius 1 is 1.46 bits per heavy atom. The number of hydrogen-bond acceptors (Lipinski definition) is 3. The van der Waals surface area contributed by atoms with Crippen LogP contribution in [0.4, 0.5) is 0 Å². The number of carbonyl (C=O) groups is 1. The SMILES string of the molecule is CC(CO)CSCC(=O)C(C)(C)C. The zero-order valence-corrected chi connectivity index (χ0v) is 9.78. The minimum absolute atomic E-state index is 0.205. The summed E-state index contributed by atoms with van der Waals surface area (Å²) in [6.07, 6.45) is 0. The molecule has 0 bridgehead atoms. The van der Waals surface area contributed by atoms with Gasteiger partial charge in [-0.3, -0.25) is 4.79 Å².